The molecule has 35 heavy (non-hydrogen) atoms. The van der Waals surface area contributed by atoms with Crippen LogP contribution in [-0.4, -0.2) is 40.0 Å². The Balaban J connectivity index is 1.59. The lowest BCUT2D eigenvalue weighted by Gasteiger charge is -2.26. The number of halogens is 1. The van der Waals surface area contributed by atoms with Crippen LogP contribution in [0.1, 0.15) is 47.4 Å². The molecule has 1 aliphatic heterocycles. The summed E-state index contributed by atoms with van der Waals surface area (Å²) in [6.45, 7) is 2.97. The van der Waals surface area contributed by atoms with E-state index in [4.69, 9.17) is 4.74 Å². The van der Waals surface area contributed by atoms with Crippen LogP contribution in [0.4, 0.5) is 15.8 Å². The summed E-state index contributed by atoms with van der Waals surface area (Å²) in [7, 11) is 0. The fourth-order valence-electron chi connectivity index (χ4n) is 4.17. The Labute approximate surface area is 202 Å². The second-order valence-corrected chi connectivity index (χ2v) is 8.56. The second-order valence-electron chi connectivity index (χ2n) is 8.56. The summed E-state index contributed by atoms with van der Waals surface area (Å²) < 4.78 is 19.5. The third kappa shape index (κ3) is 6.19. The molecule has 2 atom stereocenters. The van der Waals surface area contributed by atoms with E-state index >= 15 is 0 Å². The van der Waals surface area contributed by atoms with Gasteiger partial charge in [0.25, 0.3) is 11.6 Å². The standard InChI is InChI=1S/C26H27FN4O4/c1-18(23-9-2-3-12-28-23)29-24-11-10-20(15-25(24)31(33)34)26(32)30(17-22-8-5-13-35-22)16-19-6-4-7-21(27)14-19/h2-4,6-7,9-12,14-15,18,22,29H,5,8,13,16-17H2,1H3. The Kier molecular flexibility index (Phi) is 7.67. The Hall–Kier alpha value is -3.85. The molecular weight excluding hydrogens is 451 g/mol. The van der Waals surface area contributed by atoms with E-state index in [2.05, 4.69) is 10.3 Å². The molecule has 1 amide bonds. The molecule has 182 valence electrons. The molecule has 1 aromatic heterocycles. The summed E-state index contributed by atoms with van der Waals surface area (Å²) in [6, 6.07) is 15.6. The first-order valence-electron chi connectivity index (χ1n) is 11.5. The van der Waals surface area contributed by atoms with Crippen LogP contribution in [0.15, 0.2) is 66.9 Å². The minimum atomic E-state index is -0.513. The van der Waals surface area contributed by atoms with Gasteiger partial charge in [0.15, 0.2) is 0 Å². The fraction of sp³-hybridized carbons (Fsp3) is 0.308. The molecule has 0 radical (unpaired) electrons. The van der Waals surface area contributed by atoms with Crippen molar-refractivity contribution in [3.05, 3.63) is 99.6 Å². The van der Waals surface area contributed by atoms with E-state index in [0.29, 0.717) is 24.4 Å². The molecule has 2 aromatic carbocycles. The number of nitro groups is 1. The van der Waals surface area contributed by atoms with Gasteiger partial charge in [-0.15, -0.1) is 0 Å². The van der Waals surface area contributed by atoms with Crippen molar-refractivity contribution in [3.63, 3.8) is 0 Å². The highest BCUT2D eigenvalue weighted by Crippen LogP contribution is 2.30. The molecular formula is C26H27FN4O4. The lowest BCUT2D eigenvalue weighted by Crippen LogP contribution is -2.37. The minimum Gasteiger partial charge on any atom is -0.376 e. The van der Waals surface area contributed by atoms with Crippen LogP contribution >= 0.6 is 0 Å². The van der Waals surface area contributed by atoms with Crippen LogP contribution < -0.4 is 5.32 Å². The maximum absolute atomic E-state index is 13.7. The van der Waals surface area contributed by atoms with Crippen molar-refractivity contribution < 1.29 is 18.8 Å². The van der Waals surface area contributed by atoms with Gasteiger partial charge in [-0.05, 0) is 61.7 Å². The third-order valence-corrected chi connectivity index (χ3v) is 5.94. The summed E-state index contributed by atoms with van der Waals surface area (Å²) in [5, 5.41) is 15.0. The van der Waals surface area contributed by atoms with Gasteiger partial charge in [-0.2, -0.15) is 0 Å². The number of pyridine rings is 1. The molecule has 0 spiro atoms. The zero-order valence-corrected chi connectivity index (χ0v) is 19.4. The summed E-state index contributed by atoms with van der Waals surface area (Å²) >= 11 is 0. The highest BCUT2D eigenvalue weighted by atomic mass is 19.1. The summed E-state index contributed by atoms with van der Waals surface area (Å²) in [5.41, 5.74) is 1.64. The fourth-order valence-corrected chi connectivity index (χ4v) is 4.17. The summed E-state index contributed by atoms with van der Waals surface area (Å²) in [6.07, 6.45) is 3.27. The Morgan fingerprint density at radius 2 is 2.11 bits per heavy atom. The Morgan fingerprint density at radius 1 is 1.26 bits per heavy atom. The number of anilines is 1. The molecule has 0 aliphatic carbocycles. The van der Waals surface area contributed by atoms with Gasteiger partial charge in [0.2, 0.25) is 0 Å². The summed E-state index contributed by atoms with van der Waals surface area (Å²) in [4.78, 5) is 30.7. The van der Waals surface area contributed by atoms with E-state index in [0.717, 1.165) is 18.5 Å². The molecule has 3 aromatic rings. The molecule has 1 aliphatic rings. The zero-order chi connectivity index (χ0) is 24.8. The molecule has 2 unspecified atom stereocenters. The highest BCUT2D eigenvalue weighted by molar-refractivity contribution is 5.95. The minimum absolute atomic E-state index is 0.123. The van der Waals surface area contributed by atoms with E-state index in [1.54, 1.807) is 35.4 Å². The van der Waals surface area contributed by atoms with Crippen molar-refractivity contribution >= 4 is 17.3 Å². The van der Waals surface area contributed by atoms with Gasteiger partial charge >= 0.3 is 0 Å². The predicted octanol–water partition coefficient (Wildman–Crippen LogP) is 5.12. The van der Waals surface area contributed by atoms with Gasteiger partial charge in [-0.3, -0.25) is 19.9 Å². The lowest BCUT2D eigenvalue weighted by molar-refractivity contribution is -0.384. The average molecular weight is 479 g/mol. The van der Waals surface area contributed by atoms with E-state index in [1.165, 1.54) is 24.3 Å². The topological polar surface area (TPSA) is 97.6 Å². The number of nitro benzene ring substituents is 1. The first kappa shape index (κ1) is 24.3. The second kappa shape index (κ2) is 11.1. The largest absolute Gasteiger partial charge is 0.376 e. The Morgan fingerprint density at radius 3 is 2.80 bits per heavy atom. The van der Waals surface area contributed by atoms with E-state index in [1.807, 2.05) is 19.1 Å². The third-order valence-electron chi connectivity index (χ3n) is 5.94. The number of hydrogen-bond acceptors (Lipinski definition) is 6. The molecule has 4 rings (SSSR count). The van der Waals surface area contributed by atoms with Crippen molar-refractivity contribution in [1.82, 2.24) is 9.88 Å². The molecule has 1 saturated heterocycles. The molecule has 0 saturated carbocycles. The van der Waals surface area contributed by atoms with Gasteiger partial charge in [0.1, 0.15) is 11.5 Å². The number of hydrogen-bond donors (Lipinski definition) is 1. The van der Waals surface area contributed by atoms with Gasteiger partial charge in [-0.25, -0.2) is 4.39 Å². The van der Waals surface area contributed by atoms with Crippen molar-refractivity contribution in [3.8, 4) is 0 Å². The number of ether oxygens (including phenoxy) is 1. The molecule has 9 heteroatoms. The number of aromatic nitrogens is 1. The van der Waals surface area contributed by atoms with Crippen LogP contribution in [0.3, 0.4) is 0 Å². The smallest absolute Gasteiger partial charge is 0.293 e. The first-order valence-corrected chi connectivity index (χ1v) is 11.5. The SMILES string of the molecule is CC(Nc1ccc(C(=O)N(Cc2cccc(F)c2)CC2CCCO2)cc1[N+](=O)[O-])c1ccccn1. The van der Waals surface area contributed by atoms with Crippen LogP contribution in [0.5, 0.6) is 0 Å². The number of carbonyl (C=O) groups is 1. The molecule has 1 N–H and O–H groups in total. The average Bonchev–Trinajstić information content (AvgIpc) is 3.37. The van der Waals surface area contributed by atoms with Crippen LogP contribution in [0.25, 0.3) is 0 Å². The highest BCUT2D eigenvalue weighted by Gasteiger charge is 2.26. The number of benzene rings is 2. The van der Waals surface area contributed by atoms with E-state index in [-0.39, 0.29) is 41.7 Å². The zero-order valence-electron chi connectivity index (χ0n) is 19.4. The number of nitrogens with zero attached hydrogens (tertiary/aromatic N) is 3. The van der Waals surface area contributed by atoms with Crippen molar-refractivity contribution in [2.45, 2.75) is 38.5 Å². The van der Waals surface area contributed by atoms with Crippen molar-refractivity contribution in [1.29, 1.82) is 0 Å². The lowest BCUT2D eigenvalue weighted by atomic mass is 10.1. The Bertz CT molecular complexity index is 1180. The van der Waals surface area contributed by atoms with Crippen molar-refractivity contribution in [2.75, 3.05) is 18.5 Å². The summed E-state index contributed by atoms with van der Waals surface area (Å²) in [5.74, 6) is -0.766. The van der Waals surface area contributed by atoms with Crippen LogP contribution in [-0.2, 0) is 11.3 Å². The monoisotopic (exact) mass is 478 g/mol. The quantitative estimate of drug-likeness (QED) is 0.339. The van der Waals surface area contributed by atoms with E-state index in [9.17, 15) is 19.3 Å². The van der Waals surface area contributed by atoms with Gasteiger partial charge in [-0.1, -0.05) is 18.2 Å². The van der Waals surface area contributed by atoms with Crippen LogP contribution in [0.2, 0.25) is 0 Å². The van der Waals surface area contributed by atoms with Crippen LogP contribution in [0, 0.1) is 15.9 Å². The molecule has 1 fully saturated rings. The van der Waals surface area contributed by atoms with Gasteiger partial charge in [0, 0.05) is 37.5 Å². The number of rotatable bonds is 9. The molecule has 8 nitrogen and oxygen atoms in total. The maximum atomic E-state index is 13.7. The first-order chi connectivity index (χ1) is 16.9. The molecule has 0 bridgehead atoms. The maximum Gasteiger partial charge on any atom is 0.293 e. The number of amides is 1. The normalized spacial score (nSPS) is 16.0. The number of nitrogens with one attached hydrogen (secondary N) is 1. The number of carbonyl (C=O) groups excluding carboxylic acids is 1. The predicted molar refractivity (Wildman–Crippen MR) is 129 cm³/mol. The van der Waals surface area contributed by atoms with Gasteiger partial charge in [0.05, 0.1) is 22.8 Å². The van der Waals surface area contributed by atoms with E-state index < -0.39 is 4.92 Å². The van der Waals surface area contributed by atoms with Crippen molar-refractivity contribution in [2.24, 2.45) is 0 Å². The molecule has 2 heterocycles. The van der Waals surface area contributed by atoms with Gasteiger partial charge < -0.3 is 15.0 Å².